The minimum Gasteiger partial charge on any atom is -0.493 e. The Morgan fingerprint density at radius 1 is 1.43 bits per heavy atom. The van der Waals surface area contributed by atoms with E-state index >= 15 is 0 Å². The van der Waals surface area contributed by atoms with E-state index in [9.17, 15) is 14.9 Å². The number of para-hydroxylation sites is 1. The number of hydrogen-bond donors (Lipinski definition) is 1. The molecule has 1 amide bonds. The fourth-order valence-electron chi connectivity index (χ4n) is 2.49. The monoisotopic (exact) mass is 292 g/mol. The van der Waals surface area contributed by atoms with Crippen LogP contribution in [-0.2, 0) is 4.79 Å². The Morgan fingerprint density at radius 3 is 2.90 bits per heavy atom. The summed E-state index contributed by atoms with van der Waals surface area (Å²) in [7, 11) is 0. The molecule has 0 radical (unpaired) electrons. The van der Waals surface area contributed by atoms with Gasteiger partial charge < -0.3 is 10.1 Å². The maximum absolute atomic E-state index is 11.6. The molecule has 0 aromatic heterocycles. The van der Waals surface area contributed by atoms with Crippen molar-refractivity contribution in [2.75, 3.05) is 6.61 Å². The summed E-state index contributed by atoms with van der Waals surface area (Å²) in [5, 5.41) is 14.0. The SMILES string of the molecule is CCCCOc1ccccc1[C@H]1NC(=O)CC[C@@H]1[N+](=O)[O-]. The molecule has 0 bridgehead atoms. The molecule has 114 valence electrons. The summed E-state index contributed by atoms with van der Waals surface area (Å²) >= 11 is 0. The van der Waals surface area contributed by atoms with Crippen molar-refractivity contribution < 1.29 is 14.5 Å². The number of rotatable bonds is 6. The maximum atomic E-state index is 11.6. The molecule has 0 aliphatic carbocycles. The average Bonchev–Trinajstić information content (AvgIpc) is 2.47. The van der Waals surface area contributed by atoms with Crippen LogP contribution in [0.3, 0.4) is 0 Å². The Labute approximate surface area is 123 Å². The van der Waals surface area contributed by atoms with Crippen molar-refractivity contribution in [1.29, 1.82) is 0 Å². The minimum absolute atomic E-state index is 0.151. The molecule has 2 atom stereocenters. The van der Waals surface area contributed by atoms with Crippen molar-refractivity contribution in [2.45, 2.75) is 44.7 Å². The van der Waals surface area contributed by atoms with E-state index in [1.807, 2.05) is 6.07 Å². The molecule has 21 heavy (non-hydrogen) atoms. The summed E-state index contributed by atoms with van der Waals surface area (Å²) in [4.78, 5) is 22.5. The van der Waals surface area contributed by atoms with Crippen molar-refractivity contribution in [1.82, 2.24) is 5.32 Å². The maximum Gasteiger partial charge on any atom is 0.237 e. The fourth-order valence-corrected chi connectivity index (χ4v) is 2.49. The second-order valence-electron chi connectivity index (χ2n) is 5.18. The van der Waals surface area contributed by atoms with Gasteiger partial charge in [-0.15, -0.1) is 0 Å². The lowest BCUT2D eigenvalue weighted by molar-refractivity contribution is -0.529. The molecular weight excluding hydrogens is 272 g/mol. The summed E-state index contributed by atoms with van der Waals surface area (Å²) in [5.74, 6) is 0.464. The average molecular weight is 292 g/mol. The molecule has 1 aliphatic heterocycles. The number of piperidine rings is 1. The molecule has 0 unspecified atom stereocenters. The van der Waals surface area contributed by atoms with E-state index in [1.165, 1.54) is 0 Å². The van der Waals surface area contributed by atoms with E-state index in [0.29, 0.717) is 17.9 Å². The molecule has 0 spiro atoms. The number of nitrogens with one attached hydrogen (secondary N) is 1. The fraction of sp³-hybridized carbons (Fsp3) is 0.533. The zero-order valence-electron chi connectivity index (χ0n) is 12.1. The molecule has 2 rings (SSSR count). The predicted molar refractivity (Wildman–Crippen MR) is 77.7 cm³/mol. The summed E-state index contributed by atoms with van der Waals surface area (Å²) in [5.41, 5.74) is 0.684. The van der Waals surface area contributed by atoms with Gasteiger partial charge in [0.05, 0.1) is 6.61 Å². The first-order valence-corrected chi connectivity index (χ1v) is 7.28. The van der Waals surface area contributed by atoms with Crippen LogP contribution in [0.15, 0.2) is 24.3 Å². The van der Waals surface area contributed by atoms with Crippen LogP contribution in [0.5, 0.6) is 5.75 Å². The number of benzene rings is 1. The molecule has 1 heterocycles. The first-order valence-electron chi connectivity index (χ1n) is 7.28. The van der Waals surface area contributed by atoms with Gasteiger partial charge in [-0.05, 0) is 12.5 Å². The molecule has 1 aliphatic rings. The summed E-state index contributed by atoms with van der Waals surface area (Å²) in [6.45, 7) is 2.64. The molecule has 6 heteroatoms. The molecule has 1 saturated heterocycles. The van der Waals surface area contributed by atoms with Crippen molar-refractivity contribution in [3.63, 3.8) is 0 Å². The second-order valence-corrected chi connectivity index (χ2v) is 5.18. The van der Waals surface area contributed by atoms with Crippen molar-refractivity contribution in [3.8, 4) is 5.75 Å². The van der Waals surface area contributed by atoms with Crippen LogP contribution >= 0.6 is 0 Å². The number of carbonyl (C=O) groups excluding carboxylic acids is 1. The van der Waals surface area contributed by atoms with Crippen LogP contribution in [0.25, 0.3) is 0 Å². The highest BCUT2D eigenvalue weighted by Crippen LogP contribution is 2.32. The first-order chi connectivity index (χ1) is 10.1. The normalized spacial score (nSPS) is 21.7. The van der Waals surface area contributed by atoms with Gasteiger partial charge in [0.15, 0.2) is 0 Å². The zero-order chi connectivity index (χ0) is 15.2. The zero-order valence-corrected chi connectivity index (χ0v) is 12.1. The van der Waals surface area contributed by atoms with Crippen LogP contribution in [-0.4, -0.2) is 23.5 Å². The van der Waals surface area contributed by atoms with E-state index in [-0.39, 0.29) is 23.7 Å². The van der Waals surface area contributed by atoms with Crippen LogP contribution in [0.4, 0.5) is 0 Å². The Balaban J connectivity index is 2.24. The van der Waals surface area contributed by atoms with E-state index in [4.69, 9.17) is 4.74 Å². The Bertz CT molecular complexity index is 518. The summed E-state index contributed by atoms with van der Waals surface area (Å²) < 4.78 is 5.72. The van der Waals surface area contributed by atoms with E-state index in [0.717, 1.165) is 12.8 Å². The quantitative estimate of drug-likeness (QED) is 0.496. The van der Waals surface area contributed by atoms with E-state index < -0.39 is 12.1 Å². The lowest BCUT2D eigenvalue weighted by Crippen LogP contribution is -2.45. The predicted octanol–water partition coefficient (Wildman–Crippen LogP) is 2.46. The summed E-state index contributed by atoms with van der Waals surface area (Å²) in [6, 6.07) is 5.78. The van der Waals surface area contributed by atoms with Gasteiger partial charge in [0.2, 0.25) is 11.9 Å². The van der Waals surface area contributed by atoms with Crippen LogP contribution < -0.4 is 10.1 Å². The van der Waals surface area contributed by atoms with Gasteiger partial charge in [-0.25, -0.2) is 0 Å². The summed E-state index contributed by atoms with van der Waals surface area (Å²) in [6.07, 6.45) is 2.39. The highest BCUT2D eigenvalue weighted by Gasteiger charge is 2.39. The molecule has 6 nitrogen and oxygen atoms in total. The topological polar surface area (TPSA) is 81.5 Å². The van der Waals surface area contributed by atoms with Crippen molar-refractivity contribution in [3.05, 3.63) is 39.9 Å². The van der Waals surface area contributed by atoms with Gasteiger partial charge in [0.25, 0.3) is 0 Å². The lowest BCUT2D eigenvalue weighted by atomic mass is 9.92. The number of ether oxygens (including phenoxy) is 1. The standard InChI is InChI=1S/C15H20N2O4/c1-2-3-10-21-13-7-5-4-6-11(13)15-12(17(19)20)8-9-14(18)16-15/h4-7,12,15H,2-3,8-10H2,1H3,(H,16,18)/t12-,15+/m0/s1. The Morgan fingerprint density at radius 2 is 2.19 bits per heavy atom. The number of nitrogens with zero attached hydrogens (tertiary/aromatic N) is 1. The van der Waals surface area contributed by atoms with Crippen LogP contribution in [0.2, 0.25) is 0 Å². The minimum atomic E-state index is -0.807. The van der Waals surface area contributed by atoms with Crippen LogP contribution in [0, 0.1) is 10.1 Å². The third kappa shape index (κ3) is 3.71. The lowest BCUT2D eigenvalue weighted by Gasteiger charge is -2.28. The Hall–Kier alpha value is -2.11. The molecule has 0 saturated carbocycles. The van der Waals surface area contributed by atoms with E-state index in [1.54, 1.807) is 18.2 Å². The van der Waals surface area contributed by atoms with Gasteiger partial charge in [0, 0.05) is 23.3 Å². The highest BCUT2D eigenvalue weighted by molar-refractivity contribution is 5.77. The number of unbranched alkanes of at least 4 members (excludes halogenated alkanes) is 1. The van der Waals surface area contributed by atoms with Gasteiger partial charge in [-0.2, -0.15) is 0 Å². The molecule has 1 aromatic rings. The van der Waals surface area contributed by atoms with Gasteiger partial charge in [-0.3, -0.25) is 14.9 Å². The Kier molecular flexibility index (Phi) is 5.14. The number of carbonyl (C=O) groups is 1. The van der Waals surface area contributed by atoms with Crippen molar-refractivity contribution >= 4 is 5.91 Å². The number of amides is 1. The second kappa shape index (κ2) is 7.06. The molecule has 1 N–H and O–H groups in total. The number of nitro groups is 1. The first kappa shape index (κ1) is 15.3. The van der Waals surface area contributed by atoms with Crippen molar-refractivity contribution in [2.24, 2.45) is 0 Å². The third-order valence-corrected chi connectivity index (χ3v) is 3.65. The third-order valence-electron chi connectivity index (χ3n) is 3.65. The highest BCUT2D eigenvalue weighted by atomic mass is 16.6. The van der Waals surface area contributed by atoms with Gasteiger partial charge >= 0.3 is 0 Å². The molecule has 1 fully saturated rings. The van der Waals surface area contributed by atoms with Crippen LogP contribution in [0.1, 0.15) is 44.2 Å². The molecule has 1 aromatic carbocycles. The smallest absolute Gasteiger partial charge is 0.237 e. The number of hydrogen-bond acceptors (Lipinski definition) is 4. The van der Waals surface area contributed by atoms with E-state index in [2.05, 4.69) is 12.2 Å². The van der Waals surface area contributed by atoms with Gasteiger partial charge in [0.1, 0.15) is 11.8 Å². The molecular formula is C15H20N2O4. The van der Waals surface area contributed by atoms with Gasteiger partial charge in [-0.1, -0.05) is 31.5 Å². The largest absolute Gasteiger partial charge is 0.493 e.